The number of para-hydroxylation sites is 1. The first kappa shape index (κ1) is 22.8. The number of fused-ring (bicyclic) bond motifs is 1. The average molecular weight is 476 g/mol. The summed E-state index contributed by atoms with van der Waals surface area (Å²) in [5.41, 5.74) is 1.05. The summed E-state index contributed by atoms with van der Waals surface area (Å²) in [5.74, 6) is 1.29. The standard InChI is InChI=1S/C25H29N7O3/c1-25(2,3)35-24(33)29-17-8-7-9-18(14-17)31-21-15-22(32-27-12-13-28-32)26-16-20(21)30-23(31)34-19-10-5-4-6-11-19/h4-6,10-13,15-18H,7-9,14H2,1-3H3,(H,29,33)/t17-,18+/m0/s1. The molecule has 0 unspecified atom stereocenters. The van der Waals surface area contributed by atoms with Gasteiger partial charge in [-0.2, -0.15) is 15.2 Å². The van der Waals surface area contributed by atoms with E-state index >= 15 is 0 Å². The van der Waals surface area contributed by atoms with Crippen LogP contribution in [0, 0.1) is 0 Å². The molecule has 0 bridgehead atoms. The Kier molecular flexibility index (Phi) is 6.10. The molecule has 0 aliphatic heterocycles. The van der Waals surface area contributed by atoms with Crippen molar-refractivity contribution in [3.8, 4) is 17.6 Å². The summed E-state index contributed by atoms with van der Waals surface area (Å²) in [6, 6.07) is 12.0. The Balaban J connectivity index is 1.49. The van der Waals surface area contributed by atoms with Gasteiger partial charge in [0.2, 0.25) is 0 Å². The summed E-state index contributed by atoms with van der Waals surface area (Å²) in [5, 5.41) is 11.5. The molecule has 4 aromatic rings. The quantitative estimate of drug-likeness (QED) is 0.441. The number of ether oxygens (including phenoxy) is 2. The number of pyridine rings is 1. The van der Waals surface area contributed by atoms with Crippen LogP contribution < -0.4 is 10.1 Å². The largest absolute Gasteiger partial charge is 0.444 e. The molecule has 0 saturated heterocycles. The highest BCUT2D eigenvalue weighted by molar-refractivity contribution is 5.77. The van der Waals surface area contributed by atoms with E-state index in [0.717, 1.165) is 31.2 Å². The first-order valence-corrected chi connectivity index (χ1v) is 11.8. The predicted octanol–water partition coefficient (Wildman–Crippen LogP) is 4.81. The van der Waals surface area contributed by atoms with E-state index in [0.29, 0.717) is 23.1 Å². The van der Waals surface area contributed by atoms with Crippen LogP contribution in [-0.2, 0) is 4.74 Å². The molecule has 182 valence electrons. The topological polar surface area (TPSA) is 109 Å². The van der Waals surface area contributed by atoms with Crippen molar-refractivity contribution in [2.24, 2.45) is 0 Å². The number of nitrogens with zero attached hydrogens (tertiary/aromatic N) is 6. The van der Waals surface area contributed by atoms with Gasteiger partial charge >= 0.3 is 12.1 Å². The highest BCUT2D eigenvalue weighted by atomic mass is 16.6. The second-order valence-electron chi connectivity index (χ2n) is 9.69. The van der Waals surface area contributed by atoms with E-state index in [4.69, 9.17) is 14.5 Å². The molecule has 0 radical (unpaired) electrons. The van der Waals surface area contributed by atoms with Crippen molar-refractivity contribution < 1.29 is 14.3 Å². The van der Waals surface area contributed by atoms with E-state index < -0.39 is 11.7 Å². The zero-order valence-electron chi connectivity index (χ0n) is 20.1. The van der Waals surface area contributed by atoms with Crippen LogP contribution in [0.4, 0.5) is 4.79 Å². The van der Waals surface area contributed by atoms with Gasteiger partial charge in [0.25, 0.3) is 0 Å². The highest BCUT2D eigenvalue weighted by Gasteiger charge is 2.30. The Morgan fingerprint density at radius 2 is 1.89 bits per heavy atom. The van der Waals surface area contributed by atoms with Crippen molar-refractivity contribution in [3.05, 3.63) is 55.0 Å². The maximum Gasteiger partial charge on any atom is 0.407 e. The fraction of sp³-hybridized carbons (Fsp3) is 0.400. The second-order valence-corrected chi connectivity index (χ2v) is 9.69. The Labute approximate surface area is 203 Å². The molecule has 3 heterocycles. The number of hydrogen-bond donors (Lipinski definition) is 1. The third-order valence-electron chi connectivity index (χ3n) is 5.84. The Bertz CT molecular complexity index is 1300. The number of aromatic nitrogens is 6. The molecule has 10 heteroatoms. The van der Waals surface area contributed by atoms with Crippen molar-refractivity contribution in [2.45, 2.75) is 64.1 Å². The van der Waals surface area contributed by atoms with Crippen molar-refractivity contribution in [1.82, 2.24) is 34.8 Å². The van der Waals surface area contributed by atoms with Crippen LogP contribution in [0.5, 0.6) is 11.8 Å². The van der Waals surface area contributed by atoms with Crippen LogP contribution in [0.25, 0.3) is 16.9 Å². The van der Waals surface area contributed by atoms with Gasteiger partial charge in [-0.1, -0.05) is 18.2 Å². The smallest absolute Gasteiger partial charge is 0.407 e. The van der Waals surface area contributed by atoms with Crippen LogP contribution in [0.3, 0.4) is 0 Å². The molecule has 1 aliphatic rings. The molecule has 0 spiro atoms. The minimum absolute atomic E-state index is 0.0142. The number of imidazole rings is 1. The summed E-state index contributed by atoms with van der Waals surface area (Å²) in [6.07, 6.45) is 8.05. The summed E-state index contributed by atoms with van der Waals surface area (Å²) in [6.45, 7) is 5.59. The van der Waals surface area contributed by atoms with E-state index in [2.05, 4.69) is 25.1 Å². The number of alkyl carbamates (subject to hydrolysis) is 1. The third-order valence-corrected chi connectivity index (χ3v) is 5.84. The Hall–Kier alpha value is -3.95. The third kappa shape index (κ3) is 5.26. The van der Waals surface area contributed by atoms with Gasteiger partial charge < -0.3 is 14.8 Å². The van der Waals surface area contributed by atoms with Gasteiger partial charge in [-0.3, -0.25) is 4.57 Å². The molecule has 1 aliphatic carbocycles. The average Bonchev–Trinajstić information content (AvgIpc) is 3.46. The monoisotopic (exact) mass is 475 g/mol. The van der Waals surface area contributed by atoms with Crippen molar-refractivity contribution in [3.63, 3.8) is 0 Å². The fourth-order valence-corrected chi connectivity index (χ4v) is 4.43. The Morgan fingerprint density at radius 3 is 2.63 bits per heavy atom. The molecule has 5 rings (SSSR count). The van der Waals surface area contributed by atoms with Gasteiger partial charge in [-0.15, -0.1) is 4.80 Å². The maximum atomic E-state index is 12.4. The van der Waals surface area contributed by atoms with Gasteiger partial charge in [0.1, 0.15) is 16.9 Å². The van der Waals surface area contributed by atoms with Crippen LogP contribution in [0.1, 0.15) is 52.5 Å². The second kappa shape index (κ2) is 9.36. The minimum Gasteiger partial charge on any atom is -0.444 e. The number of benzene rings is 1. The molecular weight excluding hydrogens is 446 g/mol. The molecular formula is C25H29N7O3. The molecule has 3 aromatic heterocycles. The highest BCUT2D eigenvalue weighted by Crippen LogP contribution is 2.37. The number of nitrogens with one attached hydrogen (secondary N) is 1. The minimum atomic E-state index is -0.542. The molecule has 10 nitrogen and oxygen atoms in total. The first-order chi connectivity index (χ1) is 16.9. The summed E-state index contributed by atoms with van der Waals surface area (Å²) in [7, 11) is 0. The number of carbonyl (C=O) groups is 1. The number of carbonyl (C=O) groups excluding carboxylic acids is 1. The predicted molar refractivity (Wildman–Crippen MR) is 130 cm³/mol. The van der Waals surface area contributed by atoms with Gasteiger partial charge in [-0.05, 0) is 58.6 Å². The van der Waals surface area contributed by atoms with Gasteiger partial charge in [0, 0.05) is 18.2 Å². The van der Waals surface area contributed by atoms with Gasteiger partial charge in [0.15, 0.2) is 5.82 Å². The van der Waals surface area contributed by atoms with E-state index in [1.165, 1.54) is 4.80 Å². The summed E-state index contributed by atoms with van der Waals surface area (Å²) in [4.78, 5) is 23.1. The van der Waals surface area contributed by atoms with E-state index in [-0.39, 0.29) is 12.1 Å². The van der Waals surface area contributed by atoms with Crippen molar-refractivity contribution in [1.29, 1.82) is 0 Å². The van der Waals surface area contributed by atoms with Crippen molar-refractivity contribution >= 4 is 17.1 Å². The zero-order chi connectivity index (χ0) is 24.4. The number of hydrogen-bond acceptors (Lipinski definition) is 7. The number of rotatable bonds is 5. The van der Waals surface area contributed by atoms with Crippen molar-refractivity contribution in [2.75, 3.05) is 0 Å². The molecule has 1 amide bonds. The zero-order valence-corrected chi connectivity index (χ0v) is 20.1. The normalized spacial score (nSPS) is 18.4. The van der Waals surface area contributed by atoms with Crippen LogP contribution in [0.15, 0.2) is 55.0 Å². The number of amides is 1. The van der Waals surface area contributed by atoms with Gasteiger partial charge in [0.05, 0.1) is 24.1 Å². The lowest BCUT2D eigenvalue weighted by atomic mass is 9.90. The molecule has 1 aromatic carbocycles. The fourth-order valence-electron chi connectivity index (χ4n) is 4.43. The molecule has 1 N–H and O–H groups in total. The Morgan fingerprint density at radius 1 is 1.11 bits per heavy atom. The molecule has 1 saturated carbocycles. The lowest BCUT2D eigenvalue weighted by Crippen LogP contribution is -2.41. The van der Waals surface area contributed by atoms with E-state index in [9.17, 15) is 4.79 Å². The van der Waals surface area contributed by atoms with E-state index in [1.807, 2.05) is 57.2 Å². The SMILES string of the molecule is CC(C)(C)OC(=O)N[C@H]1CCC[C@@H](n2c(Oc3ccccc3)nc3cnc(-n4nccn4)cc32)C1. The molecule has 1 fully saturated rings. The summed E-state index contributed by atoms with van der Waals surface area (Å²) < 4.78 is 13.8. The lowest BCUT2D eigenvalue weighted by molar-refractivity contribution is 0.0486. The van der Waals surface area contributed by atoms with E-state index in [1.54, 1.807) is 18.6 Å². The molecule has 2 atom stereocenters. The van der Waals surface area contributed by atoms with Crippen LogP contribution in [-0.4, -0.2) is 47.3 Å². The maximum absolute atomic E-state index is 12.4. The van der Waals surface area contributed by atoms with Gasteiger partial charge in [-0.25, -0.2) is 9.78 Å². The first-order valence-electron chi connectivity index (χ1n) is 11.8. The molecule has 35 heavy (non-hydrogen) atoms. The lowest BCUT2D eigenvalue weighted by Gasteiger charge is -2.32. The van der Waals surface area contributed by atoms with Crippen LogP contribution in [0.2, 0.25) is 0 Å². The van der Waals surface area contributed by atoms with Crippen LogP contribution >= 0.6 is 0 Å². The summed E-state index contributed by atoms with van der Waals surface area (Å²) >= 11 is 0.